The Hall–Kier alpha value is -1.69. The molecule has 0 saturated carbocycles. The van der Waals surface area contributed by atoms with Gasteiger partial charge in [-0.1, -0.05) is 35.9 Å². The summed E-state index contributed by atoms with van der Waals surface area (Å²) < 4.78 is 0. The van der Waals surface area contributed by atoms with Crippen molar-refractivity contribution in [2.45, 2.75) is 19.0 Å². The van der Waals surface area contributed by atoms with Crippen molar-refractivity contribution in [2.75, 3.05) is 5.32 Å². The summed E-state index contributed by atoms with van der Waals surface area (Å²) in [6, 6.07) is 9.21. The quantitative estimate of drug-likeness (QED) is 0.658. The molecule has 2 aromatic rings. The maximum atomic E-state index is 12.3. The van der Waals surface area contributed by atoms with Crippen molar-refractivity contribution in [2.24, 2.45) is 0 Å². The first kappa shape index (κ1) is 14.3. The van der Waals surface area contributed by atoms with Crippen LogP contribution in [0.3, 0.4) is 0 Å². The molecule has 5 nitrogen and oxygen atoms in total. The summed E-state index contributed by atoms with van der Waals surface area (Å²) in [5.41, 5.74) is 2.39. The fourth-order valence-corrected chi connectivity index (χ4v) is 2.72. The highest BCUT2D eigenvalue weighted by Gasteiger charge is 2.24. The molecule has 0 unspecified atom stereocenters. The van der Waals surface area contributed by atoms with Gasteiger partial charge in [-0.25, -0.2) is 9.97 Å². The van der Waals surface area contributed by atoms with Crippen molar-refractivity contribution in [1.29, 1.82) is 0 Å². The van der Waals surface area contributed by atoms with E-state index in [1.807, 2.05) is 18.2 Å². The average Bonchev–Trinajstić information content (AvgIpc) is 2.45. The van der Waals surface area contributed by atoms with Gasteiger partial charge in [-0.15, -0.1) is 0 Å². The van der Waals surface area contributed by atoms with Gasteiger partial charge >= 0.3 is 0 Å². The monoisotopic (exact) mass is 322 g/mol. The number of rotatable bonds is 2. The normalized spacial score (nSPS) is 17.1. The maximum absolute atomic E-state index is 12.3. The molecule has 2 N–H and O–H groups in total. The lowest BCUT2D eigenvalue weighted by atomic mass is 9.95. The van der Waals surface area contributed by atoms with Gasteiger partial charge < -0.3 is 10.6 Å². The van der Waals surface area contributed by atoms with Crippen LogP contribution in [0.5, 0.6) is 0 Å². The minimum absolute atomic E-state index is 0.000232. The molecule has 108 valence electrons. The van der Waals surface area contributed by atoms with E-state index < -0.39 is 0 Å². The molecule has 7 heteroatoms. The second kappa shape index (κ2) is 5.97. The van der Waals surface area contributed by atoms with Crippen LogP contribution in [-0.4, -0.2) is 21.9 Å². The molecule has 0 spiro atoms. The number of aromatic nitrogens is 2. The third kappa shape index (κ3) is 3.32. The molecule has 1 atom stereocenters. The second-order valence-corrected chi connectivity index (χ2v) is 5.47. The van der Waals surface area contributed by atoms with Crippen LogP contribution in [0.1, 0.15) is 11.1 Å². The van der Waals surface area contributed by atoms with Gasteiger partial charge in [-0.2, -0.15) is 0 Å². The standard InChI is InChI=1S/C14H12Cl2N4O/c15-11-6-12(20-14(16)18-11)19-13(21)10-5-8-3-1-2-4-9(8)7-17-10/h1-4,6,10,17H,5,7H2,(H,18,19,20,21)/t10-/m0/s1. The van der Waals surface area contributed by atoms with Crippen LogP contribution in [0.25, 0.3) is 0 Å². The summed E-state index contributed by atoms with van der Waals surface area (Å²) in [5, 5.41) is 6.09. The van der Waals surface area contributed by atoms with Crippen molar-refractivity contribution in [3.8, 4) is 0 Å². The number of hydrogen-bond acceptors (Lipinski definition) is 4. The third-order valence-electron chi connectivity index (χ3n) is 3.32. The molecule has 1 aliphatic rings. The fraction of sp³-hybridized carbons (Fsp3) is 0.214. The molecule has 0 radical (unpaired) electrons. The molecule has 0 bridgehead atoms. The second-order valence-electron chi connectivity index (χ2n) is 4.74. The molecule has 1 amide bonds. The summed E-state index contributed by atoms with van der Waals surface area (Å²) in [5.74, 6) is 0.126. The average molecular weight is 323 g/mol. The lowest BCUT2D eigenvalue weighted by Crippen LogP contribution is -2.44. The number of hydrogen-bond donors (Lipinski definition) is 2. The van der Waals surface area contributed by atoms with E-state index in [0.717, 1.165) is 0 Å². The molecule has 0 fully saturated rings. The number of fused-ring (bicyclic) bond motifs is 1. The van der Waals surface area contributed by atoms with Crippen LogP contribution >= 0.6 is 23.2 Å². The van der Waals surface area contributed by atoms with E-state index in [-0.39, 0.29) is 22.4 Å². The van der Waals surface area contributed by atoms with E-state index in [0.29, 0.717) is 18.8 Å². The van der Waals surface area contributed by atoms with Crippen LogP contribution in [0, 0.1) is 0 Å². The molecule has 0 aliphatic carbocycles. The van der Waals surface area contributed by atoms with Gasteiger partial charge in [0.25, 0.3) is 0 Å². The SMILES string of the molecule is O=C(Nc1cc(Cl)nc(Cl)n1)[C@@H]1Cc2ccccc2CN1. The first-order valence-corrected chi connectivity index (χ1v) is 7.18. The molecule has 2 heterocycles. The summed E-state index contributed by atoms with van der Waals surface area (Å²) in [6.07, 6.45) is 0.633. The zero-order valence-electron chi connectivity index (χ0n) is 10.9. The Kier molecular flexibility index (Phi) is 4.05. The highest BCUT2D eigenvalue weighted by molar-refractivity contribution is 6.32. The van der Waals surface area contributed by atoms with Crippen LogP contribution in [0.2, 0.25) is 10.4 Å². The Morgan fingerprint density at radius 1 is 1.24 bits per heavy atom. The number of nitrogens with one attached hydrogen (secondary N) is 2. The van der Waals surface area contributed by atoms with E-state index in [9.17, 15) is 4.79 Å². The Balaban J connectivity index is 1.72. The summed E-state index contributed by atoms with van der Waals surface area (Å²) >= 11 is 11.5. The Morgan fingerprint density at radius 3 is 2.76 bits per heavy atom. The maximum Gasteiger partial charge on any atom is 0.243 e. The largest absolute Gasteiger partial charge is 0.309 e. The predicted molar refractivity (Wildman–Crippen MR) is 81.5 cm³/mol. The first-order valence-electron chi connectivity index (χ1n) is 6.43. The van der Waals surface area contributed by atoms with Gasteiger partial charge in [0.1, 0.15) is 11.0 Å². The van der Waals surface area contributed by atoms with Crippen molar-refractivity contribution < 1.29 is 4.79 Å². The van der Waals surface area contributed by atoms with Gasteiger partial charge in [0.05, 0.1) is 6.04 Å². The van der Waals surface area contributed by atoms with Gasteiger partial charge in [-0.05, 0) is 29.1 Å². The first-order chi connectivity index (χ1) is 10.1. The Morgan fingerprint density at radius 2 is 2.00 bits per heavy atom. The van der Waals surface area contributed by atoms with Crippen LogP contribution < -0.4 is 10.6 Å². The highest BCUT2D eigenvalue weighted by Crippen LogP contribution is 2.18. The third-order valence-corrected chi connectivity index (χ3v) is 3.68. The lowest BCUT2D eigenvalue weighted by Gasteiger charge is -2.25. The zero-order valence-corrected chi connectivity index (χ0v) is 12.4. The van der Waals surface area contributed by atoms with Gasteiger partial charge in [0.2, 0.25) is 11.2 Å². The molecular formula is C14H12Cl2N4O. The van der Waals surface area contributed by atoms with Gasteiger partial charge in [0.15, 0.2) is 0 Å². The van der Waals surface area contributed by atoms with E-state index in [1.54, 1.807) is 0 Å². The van der Waals surface area contributed by atoms with Crippen molar-refractivity contribution in [3.05, 3.63) is 51.9 Å². The topological polar surface area (TPSA) is 66.9 Å². The number of carbonyl (C=O) groups is 1. The molecular weight excluding hydrogens is 311 g/mol. The smallest absolute Gasteiger partial charge is 0.243 e. The molecule has 3 rings (SSSR count). The molecule has 1 aromatic heterocycles. The number of nitrogens with zero attached hydrogens (tertiary/aromatic N) is 2. The van der Waals surface area contributed by atoms with Gasteiger partial charge in [-0.3, -0.25) is 4.79 Å². The van der Waals surface area contributed by atoms with E-state index in [1.165, 1.54) is 17.2 Å². The fourth-order valence-electron chi connectivity index (χ4n) is 2.31. The zero-order chi connectivity index (χ0) is 14.8. The molecule has 21 heavy (non-hydrogen) atoms. The number of anilines is 1. The van der Waals surface area contributed by atoms with E-state index >= 15 is 0 Å². The number of halogens is 2. The predicted octanol–water partition coefficient (Wildman–Crippen LogP) is 2.44. The van der Waals surface area contributed by atoms with Gasteiger partial charge in [0, 0.05) is 12.6 Å². The summed E-state index contributed by atoms with van der Waals surface area (Å²) in [6.45, 7) is 0.666. The lowest BCUT2D eigenvalue weighted by molar-refractivity contribution is -0.118. The Labute approximate surface area is 131 Å². The van der Waals surface area contributed by atoms with Crippen LogP contribution in [0.15, 0.2) is 30.3 Å². The molecule has 1 aromatic carbocycles. The van der Waals surface area contributed by atoms with Crippen molar-refractivity contribution >= 4 is 34.9 Å². The number of amides is 1. The van der Waals surface area contributed by atoms with E-state index in [2.05, 4.69) is 26.7 Å². The highest BCUT2D eigenvalue weighted by atomic mass is 35.5. The summed E-state index contributed by atoms with van der Waals surface area (Å²) in [7, 11) is 0. The van der Waals surface area contributed by atoms with Crippen LogP contribution in [-0.2, 0) is 17.8 Å². The number of benzene rings is 1. The molecule has 1 aliphatic heterocycles. The minimum atomic E-state index is -0.313. The van der Waals surface area contributed by atoms with E-state index in [4.69, 9.17) is 23.2 Å². The summed E-state index contributed by atoms with van der Waals surface area (Å²) in [4.78, 5) is 19.9. The number of carbonyl (C=O) groups excluding carboxylic acids is 1. The molecule has 0 saturated heterocycles. The Bertz CT molecular complexity index is 672. The minimum Gasteiger partial charge on any atom is -0.309 e. The van der Waals surface area contributed by atoms with Crippen molar-refractivity contribution in [1.82, 2.24) is 15.3 Å². The van der Waals surface area contributed by atoms with Crippen LogP contribution in [0.4, 0.5) is 5.82 Å². The van der Waals surface area contributed by atoms with Crippen molar-refractivity contribution in [3.63, 3.8) is 0 Å².